The molecule has 3 nitrogen and oxygen atoms in total. The van der Waals surface area contributed by atoms with Crippen molar-refractivity contribution in [3.8, 4) is 17.6 Å². The maximum atomic E-state index is 12.6. The van der Waals surface area contributed by atoms with Crippen LogP contribution in [-0.4, -0.2) is 12.0 Å². The fraction of sp³-hybridized carbons (Fsp3) is 0.444. The molecule has 1 saturated carbocycles. The summed E-state index contributed by atoms with van der Waals surface area (Å²) in [4.78, 5) is 12.6. The smallest absolute Gasteiger partial charge is 0.314 e. The quantitative estimate of drug-likeness (QED) is 0.409. The lowest BCUT2D eigenvalue weighted by Gasteiger charge is -2.33. The van der Waals surface area contributed by atoms with Crippen molar-refractivity contribution in [3.63, 3.8) is 0 Å². The molecule has 2 unspecified atom stereocenters. The van der Waals surface area contributed by atoms with Crippen molar-refractivity contribution in [2.75, 3.05) is 0 Å². The lowest BCUT2D eigenvalue weighted by atomic mass is 9.74. The van der Waals surface area contributed by atoms with Gasteiger partial charge >= 0.3 is 5.97 Å². The summed E-state index contributed by atoms with van der Waals surface area (Å²) in [6.45, 7) is 6.45. The third-order valence-corrected chi connectivity index (χ3v) is 6.47. The van der Waals surface area contributed by atoms with Crippen LogP contribution in [-0.2, 0) is 4.79 Å². The molecule has 0 saturated heterocycles. The van der Waals surface area contributed by atoms with E-state index in [0.717, 1.165) is 43.2 Å². The monoisotopic (exact) mass is 403 g/mol. The van der Waals surface area contributed by atoms with Gasteiger partial charge in [0.25, 0.3) is 0 Å². The first-order valence-corrected chi connectivity index (χ1v) is 11.1. The van der Waals surface area contributed by atoms with Gasteiger partial charge in [-0.1, -0.05) is 43.4 Å². The highest BCUT2D eigenvalue weighted by atomic mass is 16.5. The van der Waals surface area contributed by atoms with Gasteiger partial charge in [0.1, 0.15) is 5.75 Å². The molecule has 0 aliphatic heterocycles. The van der Waals surface area contributed by atoms with Crippen LogP contribution in [0, 0.1) is 36.5 Å². The Hall–Kier alpha value is -2.57. The van der Waals surface area contributed by atoms with Crippen LogP contribution >= 0.6 is 0 Å². The van der Waals surface area contributed by atoms with E-state index in [4.69, 9.17) is 10.5 Å². The van der Waals surface area contributed by atoms with Crippen LogP contribution in [0.1, 0.15) is 62.6 Å². The highest BCUT2D eigenvalue weighted by Crippen LogP contribution is 2.35. The van der Waals surface area contributed by atoms with Crippen molar-refractivity contribution in [3.05, 3.63) is 65.2 Å². The summed E-state index contributed by atoms with van der Waals surface area (Å²) >= 11 is 0. The first-order valence-electron chi connectivity index (χ1n) is 11.1. The van der Waals surface area contributed by atoms with Crippen LogP contribution in [0.25, 0.3) is 0 Å². The first-order chi connectivity index (χ1) is 14.5. The number of nitrogens with two attached hydrogens (primary N) is 1. The van der Waals surface area contributed by atoms with E-state index in [9.17, 15) is 4.79 Å². The van der Waals surface area contributed by atoms with Crippen LogP contribution in [0.5, 0.6) is 5.75 Å². The molecule has 0 spiro atoms. The standard InChI is InChI=1S/C27H33NO2/c1-4-26(28)20(3)23-13-15-24(16-14-23)27(29)30-25-17-11-22(12-18-25)10-9-21-7-5-19(2)6-8-21/h5-8,11-12,17-18,20,23-24,26H,4,13-16,28H2,1-3H3. The van der Waals surface area contributed by atoms with E-state index in [2.05, 4.69) is 44.7 Å². The van der Waals surface area contributed by atoms with Gasteiger partial charge in [-0.25, -0.2) is 0 Å². The fourth-order valence-electron chi connectivity index (χ4n) is 4.19. The van der Waals surface area contributed by atoms with Crippen LogP contribution in [0.3, 0.4) is 0 Å². The van der Waals surface area contributed by atoms with Crippen LogP contribution in [0.4, 0.5) is 0 Å². The van der Waals surface area contributed by atoms with Gasteiger partial charge in [0.15, 0.2) is 0 Å². The molecule has 1 fully saturated rings. The van der Waals surface area contributed by atoms with Crippen molar-refractivity contribution < 1.29 is 9.53 Å². The lowest BCUT2D eigenvalue weighted by Crippen LogP contribution is -2.35. The van der Waals surface area contributed by atoms with Crippen molar-refractivity contribution in [1.29, 1.82) is 0 Å². The van der Waals surface area contributed by atoms with Gasteiger partial charge in [-0.05, 0) is 87.3 Å². The van der Waals surface area contributed by atoms with Gasteiger partial charge in [0.2, 0.25) is 0 Å². The summed E-state index contributed by atoms with van der Waals surface area (Å²) in [7, 11) is 0. The zero-order valence-electron chi connectivity index (χ0n) is 18.4. The van der Waals surface area contributed by atoms with E-state index < -0.39 is 0 Å². The minimum Gasteiger partial charge on any atom is -0.426 e. The molecule has 3 rings (SSSR count). The Morgan fingerprint density at radius 1 is 1.00 bits per heavy atom. The molecular formula is C27H33NO2. The molecule has 0 aromatic heterocycles. The van der Waals surface area contributed by atoms with Crippen LogP contribution < -0.4 is 10.5 Å². The Morgan fingerprint density at radius 2 is 1.53 bits per heavy atom. The third-order valence-electron chi connectivity index (χ3n) is 6.47. The molecule has 2 atom stereocenters. The molecule has 0 bridgehead atoms. The summed E-state index contributed by atoms with van der Waals surface area (Å²) in [5.74, 6) is 7.92. The van der Waals surface area contributed by atoms with E-state index in [1.807, 2.05) is 36.4 Å². The van der Waals surface area contributed by atoms with Gasteiger partial charge < -0.3 is 10.5 Å². The maximum absolute atomic E-state index is 12.6. The first kappa shape index (κ1) is 22.1. The van der Waals surface area contributed by atoms with Gasteiger partial charge in [-0.3, -0.25) is 4.79 Å². The second kappa shape index (κ2) is 10.5. The SMILES string of the molecule is CCC(N)C(C)C1CCC(C(=O)Oc2ccc(C#Cc3ccc(C)cc3)cc2)CC1. The Balaban J connectivity index is 1.51. The highest BCUT2D eigenvalue weighted by Gasteiger charge is 2.31. The minimum atomic E-state index is -0.112. The van der Waals surface area contributed by atoms with E-state index in [-0.39, 0.29) is 17.9 Å². The molecule has 0 heterocycles. The summed E-state index contributed by atoms with van der Waals surface area (Å²) in [5, 5.41) is 0. The number of hydrogen-bond donors (Lipinski definition) is 1. The van der Waals surface area contributed by atoms with Gasteiger partial charge in [-0.2, -0.15) is 0 Å². The number of benzene rings is 2. The Bertz CT molecular complexity index is 881. The number of aryl methyl sites for hydroxylation is 1. The molecule has 3 heteroatoms. The predicted molar refractivity (Wildman–Crippen MR) is 122 cm³/mol. The zero-order valence-corrected chi connectivity index (χ0v) is 18.4. The zero-order chi connectivity index (χ0) is 21.5. The fourth-order valence-corrected chi connectivity index (χ4v) is 4.19. The average Bonchev–Trinajstić information content (AvgIpc) is 2.78. The van der Waals surface area contributed by atoms with Crippen molar-refractivity contribution in [2.24, 2.45) is 23.5 Å². The molecule has 0 radical (unpaired) electrons. The number of esters is 1. The van der Waals surface area contributed by atoms with Gasteiger partial charge in [-0.15, -0.1) is 0 Å². The largest absolute Gasteiger partial charge is 0.426 e. The lowest BCUT2D eigenvalue weighted by molar-refractivity contribution is -0.140. The summed E-state index contributed by atoms with van der Waals surface area (Å²) in [6.07, 6.45) is 4.91. The van der Waals surface area contributed by atoms with Gasteiger partial charge in [0.05, 0.1) is 5.92 Å². The van der Waals surface area contributed by atoms with Gasteiger partial charge in [0, 0.05) is 17.2 Å². The third kappa shape index (κ3) is 5.97. The van der Waals surface area contributed by atoms with Crippen LogP contribution in [0.2, 0.25) is 0 Å². The second-order valence-electron chi connectivity index (χ2n) is 8.60. The van der Waals surface area contributed by atoms with Crippen molar-refractivity contribution >= 4 is 5.97 Å². The number of carbonyl (C=O) groups is 1. The topological polar surface area (TPSA) is 52.3 Å². The highest BCUT2D eigenvalue weighted by molar-refractivity contribution is 5.75. The molecule has 2 aromatic carbocycles. The average molecular weight is 404 g/mol. The van der Waals surface area contributed by atoms with E-state index in [1.54, 1.807) is 0 Å². The molecule has 2 aromatic rings. The second-order valence-corrected chi connectivity index (χ2v) is 8.60. The molecular weight excluding hydrogens is 370 g/mol. The number of rotatable bonds is 5. The van der Waals surface area contributed by atoms with Crippen molar-refractivity contribution in [2.45, 2.75) is 58.9 Å². The van der Waals surface area contributed by atoms with E-state index in [0.29, 0.717) is 17.6 Å². The normalized spacial score (nSPS) is 20.5. The van der Waals surface area contributed by atoms with Crippen molar-refractivity contribution in [1.82, 2.24) is 0 Å². The number of carbonyl (C=O) groups excluding carboxylic acids is 1. The molecule has 158 valence electrons. The molecule has 1 aliphatic rings. The van der Waals surface area contributed by atoms with E-state index >= 15 is 0 Å². The Labute approximate surface area is 181 Å². The molecule has 0 amide bonds. The summed E-state index contributed by atoms with van der Waals surface area (Å²) in [5.41, 5.74) is 9.32. The summed E-state index contributed by atoms with van der Waals surface area (Å²) in [6, 6.07) is 15.8. The minimum absolute atomic E-state index is 0.00712. The molecule has 2 N–H and O–H groups in total. The number of hydrogen-bond acceptors (Lipinski definition) is 3. The Kier molecular flexibility index (Phi) is 7.71. The maximum Gasteiger partial charge on any atom is 0.314 e. The van der Waals surface area contributed by atoms with Crippen LogP contribution in [0.15, 0.2) is 48.5 Å². The summed E-state index contributed by atoms with van der Waals surface area (Å²) < 4.78 is 5.64. The van der Waals surface area contributed by atoms with E-state index in [1.165, 1.54) is 5.56 Å². The predicted octanol–water partition coefficient (Wildman–Crippen LogP) is 5.48. The molecule has 1 aliphatic carbocycles. The molecule has 30 heavy (non-hydrogen) atoms. The Morgan fingerprint density at radius 3 is 2.07 bits per heavy atom. The number of ether oxygens (including phenoxy) is 1.